The average Bonchev–Trinajstić information content (AvgIpc) is 1.25. The van der Waals surface area contributed by atoms with E-state index < -0.39 is 0 Å². The molecule has 57 valence electrons. The van der Waals surface area contributed by atoms with Crippen molar-refractivity contribution in [2.45, 2.75) is 13.8 Å². The van der Waals surface area contributed by atoms with Gasteiger partial charge >= 0.3 is 0 Å². The minimum atomic E-state index is -0.333. The van der Waals surface area contributed by atoms with Crippen molar-refractivity contribution in [1.29, 1.82) is 10.8 Å². The van der Waals surface area contributed by atoms with Crippen LogP contribution in [0.4, 0.5) is 0 Å². The van der Waals surface area contributed by atoms with E-state index in [0.717, 1.165) is 0 Å². The molecule has 0 amide bonds. The number of aliphatic hydroxyl groups excluding tert-OH is 2. The predicted octanol–water partition coefficient (Wildman–Crippen LogP) is 1.08. The van der Waals surface area contributed by atoms with Gasteiger partial charge in [-0.05, 0) is 0 Å². The van der Waals surface area contributed by atoms with Crippen LogP contribution in [0.1, 0.15) is 13.8 Å². The number of aliphatic hydroxyl groups is 2. The average molecular weight is 221 g/mol. The molecule has 0 saturated carbocycles. The van der Waals surface area contributed by atoms with Crippen LogP contribution in [-0.4, -0.2) is 22.0 Å². The van der Waals surface area contributed by atoms with Crippen molar-refractivity contribution in [3.8, 4) is 0 Å². The van der Waals surface area contributed by atoms with E-state index in [-0.39, 0.29) is 31.3 Å². The molecule has 0 fully saturated rings. The van der Waals surface area contributed by atoms with E-state index in [1.54, 1.807) is 0 Å². The van der Waals surface area contributed by atoms with Gasteiger partial charge < -0.3 is 10.2 Å². The summed E-state index contributed by atoms with van der Waals surface area (Å²) in [6, 6.07) is 0. The van der Waals surface area contributed by atoms with Crippen molar-refractivity contribution in [3.05, 3.63) is 0 Å². The molecule has 0 bridgehead atoms. The van der Waals surface area contributed by atoms with Gasteiger partial charge in [-0.2, -0.15) is 0 Å². The van der Waals surface area contributed by atoms with E-state index in [4.69, 9.17) is 21.0 Å². The maximum absolute atomic E-state index is 7.64. The Kier molecular flexibility index (Phi) is 18.5. The molecule has 9 heavy (non-hydrogen) atoms. The van der Waals surface area contributed by atoms with E-state index >= 15 is 0 Å². The van der Waals surface area contributed by atoms with Crippen molar-refractivity contribution in [1.82, 2.24) is 0 Å². The van der Waals surface area contributed by atoms with Crippen LogP contribution in [0, 0.1) is 10.8 Å². The third-order valence-corrected chi connectivity index (χ3v) is 0. The Morgan fingerprint density at radius 3 is 1.00 bits per heavy atom. The van der Waals surface area contributed by atoms with Gasteiger partial charge in [-0.25, -0.2) is 0 Å². The van der Waals surface area contributed by atoms with E-state index in [1.165, 1.54) is 13.8 Å². The number of nitrogens with one attached hydrogen (secondary N) is 2. The van der Waals surface area contributed by atoms with Crippen LogP contribution in [0.25, 0.3) is 0 Å². The van der Waals surface area contributed by atoms with Crippen LogP contribution in [0.5, 0.6) is 0 Å². The zero-order valence-electron chi connectivity index (χ0n) is 5.23. The van der Waals surface area contributed by atoms with Crippen LogP contribution in [0.15, 0.2) is 0 Å². The summed E-state index contributed by atoms with van der Waals surface area (Å²) in [5.74, 6) is -0.667. The van der Waals surface area contributed by atoms with Gasteiger partial charge in [0.2, 0.25) is 0 Å². The summed E-state index contributed by atoms with van der Waals surface area (Å²) in [6.45, 7) is 2.61. The molecule has 0 aromatic carbocycles. The molecule has 0 aliphatic carbocycles. The summed E-state index contributed by atoms with van der Waals surface area (Å²) >= 11 is 0. The number of hydrogen-bond donors (Lipinski definition) is 4. The minimum Gasteiger partial charge on any atom is -0.497 e. The number of rotatable bonds is 0. The summed E-state index contributed by atoms with van der Waals surface area (Å²) in [5, 5.41) is 27.4. The summed E-state index contributed by atoms with van der Waals surface area (Å²) in [7, 11) is 0. The Morgan fingerprint density at radius 1 is 1.00 bits per heavy atom. The van der Waals surface area contributed by atoms with Crippen LogP contribution < -0.4 is 0 Å². The van der Waals surface area contributed by atoms with Crippen LogP contribution >= 0.6 is 0 Å². The molecule has 4 nitrogen and oxygen atoms in total. The fraction of sp³-hybridized carbons (Fsp3) is 0.500. The monoisotopic (exact) mass is 221 g/mol. The Morgan fingerprint density at radius 2 is 1.00 bits per heavy atom. The molecule has 0 atom stereocenters. The van der Waals surface area contributed by atoms with Crippen LogP contribution in [0.2, 0.25) is 0 Å². The third kappa shape index (κ3) is 1230. The molecule has 0 aliphatic heterocycles. The Balaban J connectivity index is -0.0000000720. The van der Waals surface area contributed by atoms with E-state index in [0.29, 0.717) is 0 Å². The third-order valence-electron chi connectivity index (χ3n) is 0. The van der Waals surface area contributed by atoms with E-state index in [2.05, 4.69) is 0 Å². The molecule has 0 rings (SSSR count). The maximum Gasteiger partial charge on any atom is 0.174 e. The zero-order chi connectivity index (χ0) is 7.15. The zero-order valence-corrected chi connectivity index (χ0v) is 6.87. The first-order chi connectivity index (χ1) is 3.46. The first kappa shape index (κ1) is 15.8. The van der Waals surface area contributed by atoms with Gasteiger partial charge in [0, 0.05) is 33.3 Å². The van der Waals surface area contributed by atoms with Crippen molar-refractivity contribution in [2.24, 2.45) is 0 Å². The predicted molar refractivity (Wildman–Crippen MR) is 32.1 cm³/mol. The standard InChI is InChI=1S/2C2H5NO.Rh/c2*1-2(3)4;/h2*1H3,(H2,3,4);. The topological polar surface area (TPSA) is 88.2 Å². The molecular weight excluding hydrogens is 211 g/mol. The van der Waals surface area contributed by atoms with Crippen LogP contribution in [0.3, 0.4) is 0 Å². The molecule has 0 aromatic rings. The summed E-state index contributed by atoms with van der Waals surface area (Å²) < 4.78 is 0. The van der Waals surface area contributed by atoms with Crippen molar-refractivity contribution < 1.29 is 29.7 Å². The summed E-state index contributed by atoms with van der Waals surface area (Å²) in [6.07, 6.45) is 0. The summed E-state index contributed by atoms with van der Waals surface area (Å²) in [5.41, 5.74) is 0. The van der Waals surface area contributed by atoms with Gasteiger partial charge in [-0.1, -0.05) is 0 Å². The number of hydrogen-bond acceptors (Lipinski definition) is 2. The van der Waals surface area contributed by atoms with Crippen LogP contribution in [-0.2, 0) is 19.5 Å². The molecule has 0 aliphatic rings. The Labute approximate surface area is 66.7 Å². The van der Waals surface area contributed by atoms with Crippen molar-refractivity contribution in [2.75, 3.05) is 0 Å². The second-order valence-electron chi connectivity index (χ2n) is 1.17. The Bertz CT molecular complexity index is 74.6. The first-order valence-corrected chi connectivity index (χ1v) is 1.95. The molecule has 4 N–H and O–H groups in total. The van der Waals surface area contributed by atoms with Gasteiger partial charge in [0.05, 0.1) is 0 Å². The van der Waals surface area contributed by atoms with Gasteiger partial charge in [-0.15, -0.1) is 0 Å². The molecule has 1 radical (unpaired) electrons. The SMILES string of the molecule is CC(=N)O.CC(=N)O.[Rh]. The first-order valence-electron chi connectivity index (χ1n) is 1.95. The minimum absolute atomic E-state index is 0. The fourth-order valence-electron chi connectivity index (χ4n) is 0. The largest absolute Gasteiger partial charge is 0.497 e. The second-order valence-corrected chi connectivity index (χ2v) is 1.17. The van der Waals surface area contributed by atoms with Gasteiger partial charge in [0.1, 0.15) is 0 Å². The van der Waals surface area contributed by atoms with E-state index in [9.17, 15) is 0 Å². The molecular formula is C4H10N2O2Rh. The van der Waals surface area contributed by atoms with Crippen molar-refractivity contribution in [3.63, 3.8) is 0 Å². The van der Waals surface area contributed by atoms with E-state index in [1.807, 2.05) is 0 Å². The van der Waals surface area contributed by atoms with Gasteiger partial charge in [0.15, 0.2) is 11.8 Å². The smallest absolute Gasteiger partial charge is 0.174 e. The molecule has 5 heteroatoms. The molecule has 0 heterocycles. The fourth-order valence-corrected chi connectivity index (χ4v) is 0. The second kappa shape index (κ2) is 10.5. The van der Waals surface area contributed by atoms with Crippen molar-refractivity contribution >= 4 is 11.8 Å². The quantitative estimate of drug-likeness (QED) is 0.280. The summed E-state index contributed by atoms with van der Waals surface area (Å²) in [4.78, 5) is 0. The molecule has 0 unspecified atom stereocenters. The van der Waals surface area contributed by atoms with Gasteiger partial charge in [0.25, 0.3) is 0 Å². The normalized spacial score (nSPS) is 5.56. The molecule has 0 saturated heterocycles. The molecule has 0 aromatic heterocycles. The molecule has 0 spiro atoms. The van der Waals surface area contributed by atoms with Gasteiger partial charge in [-0.3, -0.25) is 10.8 Å². The maximum atomic E-state index is 7.64. The Hall–Kier alpha value is -0.437.